The molecule has 0 unspecified atom stereocenters. The van der Waals surface area contributed by atoms with Gasteiger partial charge in [-0.05, 0) is 36.1 Å². The van der Waals surface area contributed by atoms with Crippen LogP contribution in [0.2, 0.25) is 0 Å². The largest absolute Gasteiger partial charge is 0.495 e. The molecule has 0 fully saturated rings. The van der Waals surface area contributed by atoms with Crippen LogP contribution in [0.5, 0.6) is 5.75 Å². The van der Waals surface area contributed by atoms with Crippen molar-refractivity contribution in [3.63, 3.8) is 0 Å². The molecular formula is C17H16N4O2S2. The summed E-state index contributed by atoms with van der Waals surface area (Å²) < 4.78 is 5.27. The molecule has 0 bridgehead atoms. The van der Waals surface area contributed by atoms with Gasteiger partial charge in [0.15, 0.2) is 0 Å². The Morgan fingerprint density at radius 3 is 3.00 bits per heavy atom. The van der Waals surface area contributed by atoms with Crippen LogP contribution in [0.4, 0.5) is 5.69 Å². The summed E-state index contributed by atoms with van der Waals surface area (Å²) in [6.45, 7) is 1.96. The summed E-state index contributed by atoms with van der Waals surface area (Å²) in [6.07, 6.45) is 1.62. The fourth-order valence-electron chi connectivity index (χ4n) is 2.13. The lowest BCUT2D eigenvalue weighted by atomic mass is 10.2. The van der Waals surface area contributed by atoms with Gasteiger partial charge in [0.1, 0.15) is 11.4 Å². The van der Waals surface area contributed by atoms with E-state index in [-0.39, 0.29) is 11.7 Å². The molecule has 0 aliphatic rings. The van der Waals surface area contributed by atoms with Gasteiger partial charge in [0.05, 0.1) is 29.6 Å². The molecule has 0 saturated carbocycles. The number of aromatic nitrogens is 3. The molecule has 0 spiro atoms. The maximum atomic E-state index is 12.2. The summed E-state index contributed by atoms with van der Waals surface area (Å²) >= 11 is 2.83. The molecule has 1 N–H and O–H groups in total. The van der Waals surface area contributed by atoms with Crippen molar-refractivity contribution < 1.29 is 9.53 Å². The van der Waals surface area contributed by atoms with Crippen molar-refractivity contribution in [2.75, 3.05) is 18.2 Å². The molecule has 0 aliphatic heterocycles. The number of thiophene rings is 1. The molecule has 0 saturated heterocycles. The van der Waals surface area contributed by atoms with E-state index in [2.05, 4.69) is 20.5 Å². The van der Waals surface area contributed by atoms with Crippen molar-refractivity contribution in [1.29, 1.82) is 0 Å². The molecule has 0 radical (unpaired) electrons. The second-order valence-corrected chi connectivity index (χ2v) is 7.03. The molecule has 0 atom stereocenters. The lowest BCUT2D eigenvalue weighted by Gasteiger charge is -2.10. The first-order valence-corrected chi connectivity index (χ1v) is 9.33. The van der Waals surface area contributed by atoms with Crippen LogP contribution in [-0.4, -0.2) is 34.0 Å². The normalized spacial score (nSPS) is 10.5. The van der Waals surface area contributed by atoms with Crippen LogP contribution < -0.4 is 10.1 Å². The van der Waals surface area contributed by atoms with E-state index in [0.717, 1.165) is 16.1 Å². The monoisotopic (exact) mass is 372 g/mol. The van der Waals surface area contributed by atoms with Crippen molar-refractivity contribution in [2.45, 2.75) is 12.1 Å². The van der Waals surface area contributed by atoms with E-state index in [1.165, 1.54) is 11.8 Å². The zero-order valence-corrected chi connectivity index (χ0v) is 15.4. The zero-order valence-electron chi connectivity index (χ0n) is 13.7. The van der Waals surface area contributed by atoms with E-state index in [0.29, 0.717) is 16.6 Å². The van der Waals surface area contributed by atoms with Crippen LogP contribution in [0.1, 0.15) is 5.56 Å². The number of methoxy groups -OCH3 is 1. The number of nitrogens with one attached hydrogen (secondary N) is 1. The summed E-state index contributed by atoms with van der Waals surface area (Å²) in [5.41, 5.74) is 2.45. The topological polar surface area (TPSA) is 77.0 Å². The third-order valence-corrected chi connectivity index (χ3v) is 5.00. The third kappa shape index (κ3) is 4.55. The first-order chi connectivity index (χ1) is 12.2. The van der Waals surface area contributed by atoms with Gasteiger partial charge in [0, 0.05) is 0 Å². The number of anilines is 1. The molecule has 6 nitrogen and oxygen atoms in total. The SMILES string of the molecule is COc1ccc(C)cc1NC(=O)CSc1nncc(-c2cccs2)n1. The van der Waals surface area contributed by atoms with Crippen LogP contribution in [0.25, 0.3) is 10.6 Å². The van der Waals surface area contributed by atoms with Gasteiger partial charge < -0.3 is 10.1 Å². The highest BCUT2D eigenvalue weighted by Crippen LogP contribution is 2.26. The van der Waals surface area contributed by atoms with Crippen molar-refractivity contribution in [3.05, 3.63) is 47.5 Å². The fourth-order valence-corrected chi connectivity index (χ4v) is 3.41. The summed E-state index contributed by atoms with van der Waals surface area (Å²) in [4.78, 5) is 17.7. The number of hydrogen-bond acceptors (Lipinski definition) is 7. The summed E-state index contributed by atoms with van der Waals surface area (Å²) in [6, 6.07) is 9.56. The average molecular weight is 372 g/mol. The molecule has 1 amide bonds. The van der Waals surface area contributed by atoms with E-state index in [1.54, 1.807) is 24.6 Å². The van der Waals surface area contributed by atoms with E-state index in [4.69, 9.17) is 4.74 Å². The standard InChI is InChI=1S/C17H16N4O2S2/c1-11-5-6-14(23-2)12(8-11)19-16(22)10-25-17-20-13(9-18-21-17)15-4-3-7-24-15/h3-9H,10H2,1-2H3,(H,19,22). The van der Waals surface area contributed by atoms with E-state index >= 15 is 0 Å². The number of amides is 1. The lowest BCUT2D eigenvalue weighted by molar-refractivity contribution is -0.113. The first kappa shape index (κ1) is 17.4. The molecule has 3 rings (SSSR count). The number of hydrogen-bond donors (Lipinski definition) is 1. The number of ether oxygens (including phenoxy) is 1. The Hall–Kier alpha value is -2.45. The van der Waals surface area contributed by atoms with Gasteiger partial charge in [-0.1, -0.05) is 23.9 Å². The van der Waals surface area contributed by atoms with Gasteiger partial charge in [0.25, 0.3) is 0 Å². The summed E-state index contributed by atoms with van der Waals surface area (Å²) in [5.74, 6) is 0.660. The minimum Gasteiger partial charge on any atom is -0.495 e. The molecule has 128 valence electrons. The van der Waals surface area contributed by atoms with Crippen molar-refractivity contribution in [2.24, 2.45) is 0 Å². The smallest absolute Gasteiger partial charge is 0.234 e. The van der Waals surface area contributed by atoms with Crippen molar-refractivity contribution >= 4 is 34.7 Å². The third-order valence-electron chi connectivity index (χ3n) is 3.27. The molecule has 8 heteroatoms. The highest BCUT2D eigenvalue weighted by atomic mass is 32.2. The Labute approximate surface area is 153 Å². The predicted molar refractivity (Wildman–Crippen MR) is 100 cm³/mol. The lowest BCUT2D eigenvalue weighted by Crippen LogP contribution is -2.15. The maximum absolute atomic E-state index is 12.2. The molecule has 1 aromatic carbocycles. The van der Waals surface area contributed by atoms with Crippen LogP contribution in [-0.2, 0) is 4.79 Å². The van der Waals surface area contributed by atoms with Crippen LogP contribution in [0, 0.1) is 6.92 Å². The fraction of sp³-hybridized carbons (Fsp3) is 0.176. The Morgan fingerprint density at radius 2 is 2.24 bits per heavy atom. The van der Waals surface area contributed by atoms with Gasteiger partial charge in [-0.15, -0.1) is 16.4 Å². The maximum Gasteiger partial charge on any atom is 0.234 e. The van der Waals surface area contributed by atoms with Gasteiger partial charge >= 0.3 is 0 Å². The second-order valence-electron chi connectivity index (χ2n) is 5.14. The number of thioether (sulfide) groups is 1. The van der Waals surface area contributed by atoms with Gasteiger partial charge in [0.2, 0.25) is 11.1 Å². The molecule has 2 heterocycles. The Kier molecular flexibility index (Phi) is 5.62. The molecule has 2 aromatic heterocycles. The molecular weight excluding hydrogens is 356 g/mol. The van der Waals surface area contributed by atoms with Crippen LogP contribution in [0.15, 0.2) is 47.1 Å². The highest BCUT2D eigenvalue weighted by molar-refractivity contribution is 7.99. The van der Waals surface area contributed by atoms with Crippen molar-refractivity contribution in [3.8, 4) is 16.3 Å². The van der Waals surface area contributed by atoms with E-state index < -0.39 is 0 Å². The quantitative estimate of drug-likeness (QED) is 0.666. The number of nitrogens with zero attached hydrogens (tertiary/aromatic N) is 3. The average Bonchev–Trinajstić information content (AvgIpc) is 3.15. The molecule has 0 aliphatic carbocycles. The van der Waals surface area contributed by atoms with E-state index in [9.17, 15) is 4.79 Å². The Bertz CT molecular complexity index is 869. The minimum absolute atomic E-state index is 0.154. The first-order valence-electron chi connectivity index (χ1n) is 7.46. The molecule has 3 aromatic rings. The predicted octanol–water partition coefficient (Wildman–Crippen LogP) is 3.65. The van der Waals surface area contributed by atoms with Gasteiger partial charge in [-0.25, -0.2) is 4.98 Å². The Morgan fingerprint density at radius 1 is 1.36 bits per heavy atom. The summed E-state index contributed by atoms with van der Waals surface area (Å²) in [5, 5.41) is 13.2. The number of rotatable bonds is 6. The van der Waals surface area contributed by atoms with Crippen molar-refractivity contribution in [1.82, 2.24) is 15.2 Å². The second kappa shape index (κ2) is 8.09. The zero-order chi connectivity index (χ0) is 17.6. The van der Waals surface area contributed by atoms with Crippen LogP contribution in [0.3, 0.4) is 0 Å². The van der Waals surface area contributed by atoms with Crippen LogP contribution >= 0.6 is 23.1 Å². The molecule has 25 heavy (non-hydrogen) atoms. The number of benzene rings is 1. The highest BCUT2D eigenvalue weighted by Gasteiger charge is 2.11. The Balaban J connectivity index is 1.63. The number of carbonyl (C=O) groups excluding carboxylic acids is 1. The van der Waals surface area contributed by atoms with Gasteiger partial charge in [-0.2, -0.15) is 5.10 Å². The number of carbonyl (C=O) groups is 1. The van der Waals surface area contributed by atoms with E-state index in [1.807, 2.05) is 42.6 Å². The van der Waals surface area contributed by atoms with Gasteiger partial charge in [-0.3, -0.25) is 4.79 Å². The minimum atomic E-state index is -0.154. The summed E-state index contributed by atoms with van der Waals surface area (Å²) in [7, 11) is 1.57. The number of aryl methyl sites for hydroxylation is 1.